The minimum Gasteiger partial charge on any atom is -0.467 e. The lowest BCUT2D eigenvalue weighted by atomic mass is 9.99. The van der Waals surface area contributed by atoms with E-state index in [2.05, 4.69) is 10.1 Å². The molecule has 0 bridgehead atoms. The molecule has 0 saturated carbocycles. The van der Waals surface area contributed by atoms with Crippen molar-refractivity contribution in [3.63, 3.8) is 0 Å². The lowest BCUT2D eigenvalue weighted by molar-refractivity contribution is -0.148. The topological polar surface area (TPSA) is 81.7 Å². The fraction of sp³-hybridized carbons (Fsp3) is 0.438. The highest BCUT2D eigenvalue weighted by Gasteiger charge is 2.26. The maximum absolute atomic E-state index is 11.8. The molecule has 0 unspecified atom stereocenters. The standard InChI is InChI=1S/C16H21NO5S/c1-4-11(2)15(16(20)21-3)17-13(18)9-22-14(19)6-5-12-7-8-23-10-12/h5-8,10-11,15H,4,9H2,1-3H3,(H,17,18)/b6-5+/t11-,15+/m0/s1. The second-order valence-corrected chi connectivity index (χ2v) is 5.73. The number of rotatable bonds is 8. The van der Waals surface area contributed by atoms with Gasteiger partial charge in [-0.2, -0.15) is 11.3 Å². The minimum atomic E-state index is -0.752. The Morgan fingerprint density at radius 2 is 2.13 bits per heavy atom. The Kier molecular flexibility index (Phi) is 8.04. The summed E-state index contributed by atoms with van der Waals surface area (Å²) in [6.45, 7) is 3.29. The Hall–Kier alpha value is -2.15. The average molecular weight is 339 g/mol. The number of hydrogen-bond donors (Lipinski definition) is 1. The molecule has 1 aromatic rings. The summed E-state index contributed by atoms with van der Waals surface area (Å²) >= 11 is 1.51. The molecule has 1 N–H and O–H groups in total. The normalized spacial score (nSPS) is 13.3. The van der Waals surface area contributed by atoms with E-state index < -0.39 is 30.5 Å². The van der Waals surface area contributed by atoms with Crippen LogP contribution in [0.15, 0.2) is 22.9 Å². The first-order chi connectivity index (χ1) is 11.0. The van der Waals surface area contributed by atoms with Gasteiger partial charge in [-0.3, -0.25) is 4.79 Å². The fourth-order valence-corrected chi connectivity index (χ4v) is 2.36. The molecule has 6 nitrogen and oxygen atoms in total. The zero-order chi connectivity index (χ0) is 17.2. The molecule has 126 valence electrons. The van der Waals surface area contributed by atoms with Crippen LogP contribution in [0.3, 0.4) is 0 Å². The Balaban J connectivity index is 2.45. The van der Waals surface area contributed by atoms with Gasteiger partial charge >= 0.3 is 11.9 Å². The molecule has 0 saturated heterocycles. The molecule has 1 rings (SSSR count). The summed E-state index contributed by atoms with van der Waals surface area (Å²) in [6.07, 6.45) is 3.55. The number of thiophene rings is 1. The maximum Gasteiger partial charge on any atom is 0.331 e. The van der Waals surface area contributed by atoms with Crippen LogP contribution < -0.4 is 5.32 Å². The van der Waals surface area contributed by atoms with Crippen LogP contribution in [0.1, 0.15) is 25.8 Å². The molecule has 0 aliphatic heterocycles. The van der Waals surface area contributed by atoms with E-state index in [0.29, 0.717) is 6.42 Å². The average Bonchev–Trinajstić information content (AvgIpc) is 3.08. The van der Waals surface area contributed by atoms with E-state index in [0.717, 1.165) is 5.56 Å². The van der Waals surface area contributed by atoms with Gasteiger partial charge in [0.1, 0.15) is 6.04 Å². The summed E-state index contributed by atoms with van der Waals surface area (Å²) in [6, 6.07) is 1.10. The molecule has 0 fully saturated rings. The smallest absolute Gasteiger partial charge is 0.331 e. The molecular weight excluding hydrogens is 318 g/mol. The van der Waals surface area contributed by atoms with Crippen LogP contribution >= 0.6 is 11.3 Å². The van der Waals surface area contributed by atoms with E-state index in [1.807, 2.05) is 30.7 Å². The summed E-state index contributed by atoms with van der Waals surface area (Å²) < 4.78 is 9.51. The molecule has 23 heavy (non-hydrogen) atoms. The molecule has 0 aliphatic carbocycles. The number of hydrogen-bond acceptors (Lipinski definition) is 6. The van der Waals surface area contributed by atoms with Crippen LogP contribution in [0.4, 0.5) is 0 Å². The third kappa shape index (κ3) is 6.65. The van der Waals surface area contributed by atoms with Crippen molar-refractivity contribution in [1.29, 1.82) is 0 Å². The summed E-state index contributed by atoms with van der Waals surface area (Å²) in [5.41, 5.74) is 0.888. The van der Waals surface area contributed by atoms with Gasteiger partial charge in [0.05, 0.1) is 7.11 Å². The van der Waals surface area contributed by atoms with Crippen LogP contribution in [-0.4, -0.2) is 37.6 Å². The SMILES string of the molecule is CC[C@H](C)[C@@H](NC(=O)COC(=O)/C=C/c1ccsc1)C(=O)OC. The van der Waals surface area contributed by atoms with Crippen molar-refractivity contribution in [2.45, 2.75) is 26.3 Å². The van der Waals surface area contributed by atoms with Crippen LogP contribution in [0.5, 0.6) is 0 Å². The minimum absolute atomic E-state index is 0.0828. The highest BCUT2D eigenvalue weighted by molar-refractivity contribution is 7.08. The molecule has 1 aromatic heterocycles. The van der Waals surface area contributed by atoms with Gasteiger partial charge in [0.2, 0.25) is 0 Å². The Morgan fingerprint density at radius 1 is 1.39 bits per heavy atom. The number of ether oxygens (including phenoxy) is 2. The van der Waals surface area contributed by atoms with Crippen molar-refractivity contribution in [2.24, 2.45) is 5.92 Å². The molecule has 0 aliphatic rings. The largest absolute Gasteiger partial charge is 0.467 e. The first-order valence-electron chi connectivity index (χ1n) is 7.22. The summed E-state index contributed by atoms with van der Waals surface area (Å²) in [4.78, 5) is 35.0. The molecule has 0 aromatic carbocycles. The van der Waals surface area contributed by atoms with Crippen LogP contribution in [0, 0.1) is 5.92 Å². The second-order valence-electron chi connectivity index (χ2n) is 4.95. The Bertz CT molecular complexity index is 553. The molecular formula is C16H21NO5S. The van der Waals surface area contributed by atoms with Crippen molar-refractivity contribution in [3.8, 4) is 0 Å². The van der Waals surface area contributed by atoms with Gasteiger partial charge in [0, 0.05) is 6.08 Å². The molecule has 1 heterocycles. The number of esters is 2. The molecule has 0 radical (unpaired) electrons. The highest BCUT2D eigenvalue weighted by Crippen LogP contribution is 2.09. The van der Waals surface area contributed by atoms with Gasteiger partial charge in [-0.05, 0) is 34.4 Å². The van der Waals surface area contributed by atoms with Gasteiger partial charge < -0.3 is 14.8 Å². The van der Waals surface area contributed by atoms with E-state index in [9.17, 15) is 14.4 Å². The van der Waals surface area contributed by atoms with E-state index in [4.69, 9.17) is 4.74 Å². The van der Waals surface area contributed by atoms with Crippen LogP contribution in [0.2, 0.25) is 0 Å². The van der Waals surface area contributed by atoms with Crippen molar-refractivity contribution < 1.29 is 23.9 Å². The predicted molar refractivity (Wildman–Crippen MR) is 87.7 cm³/mol. The molecule has 7 heteroatoms. The molecule has 1 amide bonds. The van der Waals surface area contributed by atoms with Gasteiger partial charge in [0.15, 0.2) is 6.61 Å². The van der Waals surface area contributed by atoms with Crippen LogP contribution in [-0.2, 0) is 23.9 Å². The molecule has 0 spiro atoms. The summed E-state index contributed by atoms with van der Waals surface area (Å²) in [5.74, 6) is -1.76. The number of methoxy groups -OCH3 is 1. The maximum atomic E-state index is 11.8. The number of carbonyl (C=O) groups excluding carboxylic acids is 3. The first-order valence-corrected chi connectivity index (χ1v) is 8.16. The quantitative estimate of drug-likeness (QED) is 0.579. The Morgan fingerprint density at radius 3 is 2.70 bits per heavy atom. The van der Waals surface area contributed by atoms with Gasteiger partial charge in [-0.1, -0.05) is 20.3 Å². The lowest BCUT2D eigenvalue weighted by Gasteiger charge is -2.21. The Labute approximate surface area is 139 Å². The van der Waals surface area contributed by atoms with Gasteiger partial charge in [-0.25, -0.2) is 9.59 Å². The van der Waals surface area contributed by atoms with Crippen molar-refractivity contribution in [1.82, 2.24) is 5.32 Å². The number of amides is 1. The lowest BCUT2D eigenvalue weighted by Crippen LogP contribution is -2.47. The van der Waals surface area contributed by atoms with E-state index in [1.165, 1.54) is 24.5 Å². The third-order valence-corrected chi connectivity index (χ3v) is 3.99. The van der Waals surface area contributed by atoms with Gasteiger partial charge in [0.25, 0.3) is 5.91 Å². The van der Waals surface area contributed by atoms with E-state index >= 15 is 0 Å². The van der Waals surface area contributed by atoms with Crippen LogP contribution in [0.25, 0.3) is 6.08 Å². The van der Waals surface area contributed by atoms with E-state index in [1.54, 1.807) is 6.08 Å². The zero-order valence-corrected chi connectivity index (χ0v) is 14.2. The number of nitrogens with one attached hydrogen (secondary N) is 1. The fourth-order valence-electron chi connectivity index (χ4n) is 1.73. The summed E-state index contributed by atoms with van der Waals surface area (Å²) in [7, 11) is 1.26. The highest BCUT2D eigenvalue weighted by atomic mass is 32.1. The van der Waals surface area contributed by atoms with Gasteiger partial charge in [-0.15, -0.1) is 0 Å². The third-order valence-electron chi connectivity index (χ3n) is 3.29. The van der Waals surface area contributed by atoms with E-state index in [-0.39, 0.29) is 5.92 Å². The summed E-state index contributed by atoms with van der Waals surface area (Å²) in [5, 5.41) is 6.30. The van der Waals surface area contributed by atoms with Crippen molar-refractivity contribution >= 4 is 35.3 Å². The number of carbonyl (C=O) groups is 3. The predicted octanol–water partition coefficient (Wildman–Crippen LogP) is 2.01. The molecule has 2 atom stereocenters. The van der Waals surface area contributed by atoms with Crippen molar-refractivity contribution in [3.05, 3.63) is 28.5 Å². The zero-order valence-electron chi connectivity index (χ0n) is 13.4. The van der Waals surface area contributed by atoms with Crippen molar-refractivity contribution in [2.75, 3.05) is 13.7 Å². The second kappa shape index (κ2) is 9.78. The first kappa shape index (κ1) is 18.9. The monoisotopic (exact) mass is 339 g/mol.